The lowest BCUT2D eigenvalue weighted by molar-refractivity contribution is 0.208. The Morgan fingerprint density at radius 1 is 1.43 bits per heavy atom. The van der Waals surface area contributed by atoms with Gasteiger partial charge in [-0.15, -0.1) is 0 Å². The first-order valence-corrected chi connectivity index (χ1v) is 4.91. The number of hydrogen-bond acceptors (Lipinski definition) is 3. The van der Waals surface area contributed by atoms with Crippen molar-refractivity contribution in [1.29, 1.82) is 5.26 Å². The van der Waals surface area contributed by atoms with Crippen LogP contribution in [0.15, 0.2) is 18.5 Å². The second-order valence-corrected chi connectivity index (χ2v) is 3.51. The monoisotopic (exact) mass is 188 g/mol. The molecule has 1 aromatic rings. The molecule has 1 aromatic heterocycles. The third-order valence-corrected chi connectivity index (χ3v) is 2.50. The number of hydrogen-bond donors (Lipinski definition) is 0. The van der Waals surface area contributed by atoms with Crippen LogP contribution in [0.4, 0.5) is 0 Å². The van der Waals surface area contributed by atoms with Crippen molar-refractivity contribution in [3.8, 4) is 11.8 Å². The van der Waals surface area contributed by atoms with E-state index < -0.39 is 0 Å². The Bertz CT molecular complexity index is 351. The smallest absolute Gasteiger partial charge is 0.155 e. The summed E-state index contributed by atoms with van der Waals surface area (Å²) in [6, 6.07) is 3.79. The molecule has 3 heteroatoms. The van der Waals surface area contributed by atoms with Gasteiger partial charge in [0.2, 0.25) is 0 Å². The highest BCUT2D eigenvalue weighted by Crippen LogP contribution is 2.25. The van der Waals surface area contributed by atoms with Gasteiger partial charge in [-0.1, -0.05) is 0 Å². The topological polar surface area (TPSA) is 45.9 Å². The fourth-order valence-electron chi connectivity index (χ4n) is 1.75. The summed E-state index contributed by atoms with van der Waals surface area (Å²) < 4.78 is 5.71. The molecule has 0 amide bonds. The molecule has 0 bridgehead atoms. The molecular formula is C11H12N2O. The second kappa shape index (κ2) is 4.10. The number of ether oxygens (including phenoxy) is 1. The van der Waals surface area contributed by atoms with Gasteiger partial charge in [-0.05, 0) is 31.7 Å². The van der Waals surface area contributed by atoms with Crippen LogP contribution in [0.2, 0.25) is 0 Å². The Morgan fingerprint density at radius 2 is 2.21 bits per heavy atom. The van der Waals surface area contributed by atoms with E-state index in [4.69, 9.17) is 10.00 Å². The first-order chi connectivity index (χ1) is 6.90. The van der Waals surface area contributed by atoms with Crippen molar-refractivity contribution in [2.45, 2.75) is 31.8 Å². The molecule has 2 rings (SSSR count). The van der Waals surface area contributed by atoms with E-state index in [2.05, 4.69) is 11.1 Å². The lowest BCUT2D eigenvalue weighted by Gasteiger charge is -2.13. The van der Waals surface area contributed by atoms with E-state index in [1.165, 1.54) is 12.8 Å². The average molecular weight is 188 g/mol. The van der Waals surface area contributed by atoms with E-state index in [0.717, 1.165) is 12.8 Å². The minimum absolute atomic E-state index is 0.284. The minimum atomic E-state index is 0.284. The molecule has 0 spiro atoms. The molecule has 14 heavy (non-hydrogen) atoms. The third kappa shape index (κ3) is 1.85. The van der Waals surface area contributed by atoms with Crippen LogP contribution in [-0.4, -0.2) is 11.1 Å². The standard InChI is InChI=1S/C11H12N2O/c12-7-9-5-6-13-8-11(9)14-10-3-1-2-4-10/h5-6,8,10H,1-4H2. The molecule has 0 aliphatic heterocycles. The summed E-state index contributed by atoms with van der Waals surface area (Å²) in [5, 5.41) is 8.83. The molecule has 0 atom stereocenters. The summed E-state index contributed by atoms with van der Waals surface area (Å²) in [6.07, 6.45) is 8.17. The van der Waals surface area contributed by atoms with E-state index >= 15 is 0 Å². The highest BCUT2D eigenvalue weighted by Gasteiger charge is 2.17. The van der Waals surface area contributed by atoms with Gasteiger partial charge >= 0.3 is 0 Å². The molecule has 3 nitrogen and oxygen atoms in total. The van der Waals surface area contributed by atoms with Crippen LogP contribution in [0, 0.1) is 11.3 Å². The van der Waals surface area contributed by atoms with Crippen LogP contribution in [0.5, 0.6) is 5.75 Å². The van der Waals surface area contributed by atoms with Gasteiger partial charge < -0.3 is 4.74 Å². The van der Waals surface area contributed by atoms with Gasteiger partial charge in [-0.3, -0.25) is 4.98 Å². The van der Waals surface area contributed by atoms with Crippen LogP contribution in [-0.2, 0) is 0 Å². The lowest BCUT2D eigenvalue weighted by atomic mass is 10.2. The molecule has 0 aromatic carbocycles. The Labute approximate surface area is 83.3 Å². The van der Waals surface area contributed by atoms with Crippen LogP contribution < -0.4 is 4.74 Å². The minimum Gasteiger partial charge on any atom is -0.487 e. The van der Waals surface area contributed by atoms with Crippen LogP contribution in [0.25, 0.3) is 0 Å². The normalized spacial score (nSPS) is 16.5. The van der Waals surface area contributed by atoms with Gasteiger partial charge in [-0.25, -0.2) is 0 Å². The van der Waals surface area contributed by atoms with Gasteiger partial charge in [0.05, 0.1) is 17.9 Å². The van der Waals surface area contributed by atoms with Gasteiger partial charge in [-0.2, -0.15) is 5.26 Å². The van der Waals surface area contributed by atoms with E-state index in [1.54, 1.807) is 18.5 Å². The molecule has 1 aliphatic rings. The zero-order valence-electron chi connectivity index (χ0n) is 7.94. The quantitative estimate of drug-likeness (QED) is 0.715. The van der Waals surface area contributed by atoms with Gasteiger partial charge in [0, 0.05) is 6.20 Å². The van der Waals surface area contributed by atoms with Crippen molar-refractivity contribution in [1.82, 2.24) is 4.98 Å². The molecular weight excluding hydrogens is 176 g/mol. The van der Waals surface area contributed by atoms with Crippen molar-refractivity contribution < 1.29 is 4.74 Å². The fraction of sp³-hybridized carbons (Fsp3) is 0.455. The first kappa shape index (κ1) is 9.01. The third-order valence-electron chi connectivity index (χ3n) is 2.50. The van der Waals surface area contributed by atoms with Crippen molar-refractivity contribution in [3.63, 3.8) is 0 Å². The summed E-state index contributed by atoms with van der Waals surface area (Å²) in [5.74, 6) is 0.627. The first-order valence-electron chi connectivity index (χ1n) is 4.91. The number of pyridine rings is 1. The maximum Gasteiger partial charge on any atom is 0.155 e. The van der Waals surface area contributed by atoms with Crippen molar-refractivity contribution in [2.24, 2.45) is 0 Å². The Balaban J connectivity index is 2.11. The Hall–Kier alpha value is -1.56. The highest BCUT2D eigenvalue weighted by atomic mass is 16.5. The summed E-state index contributed by atoms with van der Waals surface area (Å²) in [5.41, 5.74) is 0.576. The van der Waals surface area contributed by atoms with Crippen LogP contribution >= 0.6 is 0 Å². The van der Waals surface area contributed by atoms with Crippen molar-refractivity contribution in [3.05, 3.63) is 24.0 Å². The number of aromatic nitrogens is 1. The van der Waals surface area contributed by atoms with Crippen LogP contribution in [0.3, 0.4) is 0 Å². The summed E-state index contributed by atoms with van der Waals surface area (Å²) in [4.78, 5) is 3.96. The Kier molecular flexibility index (Phi) is 2.64. The fourth-order valence-corrected chi connectivity index (χ4v) is 1.75. The number of rotatable bonds is 2. The van der Waals surface area contributed by atoms with Crippen molar-refractivity contribution >= 4 is 0 Å². The molecule has 72 valence electrons. The zero-order valence-corrected chi connectivity index (χ0v) is 7.94. The van der Waals surface area contributed by atoms with Gasteiger partial charge in [0.25, 0.3) is 0 Å². The lowest BCUT2D eigenvalue weighted by Crippen LogP contribution is -2.11. The SMILES string of the molecule is N#Cc1ccncc1OC1CCCC1. The Morgan fingerprint density at radius 3 is 2.93 bits per heavy atom. The summed E-state index contributed by atoms with van der Waals surface area (Å²) in [6.45, 7) is 0. The molecule has 1 aliphatic carbocycles. The summed E-state index contributed by atoms with van der Waals surface area (Å²) in [7, 11) is 0. The average Bonchev–Trinajstić information content (AvgIpc) is 2.71. The zero-order chi connectivity index (χ0) is 9.80. The summed E-state index contributed by atoms with van der Waals surface area (Å²) >= 11 is 0. The largest absolute Gasteiger partial charge is 0.487 e. The van der Waals surface area contributed by atoms with E-state index in [9.17, 15) is 0 Å². The predicted molar refractivity (Wildman–Crippen MR) is 51.8 cm³/mol. The number of nitriles is 1. The molecule has 1 fully saturated rings. The van der Waals surface area contributed by atoms with E-state index in [1.807, 2.05) is 0 Å². The maximum absolute atomic E-state index is 8.83. The molecule has 0 radical (unpaired) electrons. The maximum atomic E-state index is 8.83. The van der Waals surface area contributed by atoms with Crippen molar-refractivity contribution in [2.75, 3.05) is 0 Å². The molecule has 1 saturated carbocycles. The van der Waals surface area contributed by atoms with Gasteiger partial charge in [0.15, 0.2) is 5.75 Å². The predicted octanol–water partition coefficient (Wildman–Crippen LogP) is 2.27. The molecule has 0 unspecified atom stereocenters. The highest BCUT2D eigenvalue weighted by molar-refractivity contribution is 5.40. The molecule has 0 saturated heterocycles. The molecule has 0 N–H and O–H groups in total. The van der Waals surface area contributed by atoms with Gasteiger partial charge in [0.1, 0.15) is 6.07 Å². The van der Waals surface area contributed by atoms with Crippen LogP contribution in [0.1, 0.15) is 31.2 Å². The molecule has 1 heterocycles. The second-order valence-electron chi connectivity index (χ2n) is 3.51. The number of nitrogens with zero attached hydrogens (tertiary/aromatic N) is 2. The van der Waals surface area contributed by atoms with E-state index in [-0.39, 0.29) is 6.10 Å². The van der Waals surface area contributed by atoms with E-state index in [0.29, 0.717) is 11.3 Å².